The predicted octanol–water partition coefficient (Wildman–Crippen LogP) is 2.19. The number of nitrogens with one attached hydrogen (secondary N) is 2. The van der Waals surface area contributed by atoms with Gasteiger partial charge in [0.1, 0.15) is 0 Å². The van der Waals surface area contributed by atoms with Crippen LogP contribution in [0.5, 0.6) is 11.5 Å². The summed E-state index contributed by atoms with van der Waals surface area (Å²) in [6.07, 6.45) is 1.92. The van der Waals surface area contributed by atoms with Gasteiger partial charge in [0, 0.05) is 26.2 Å². The van der Waals surface area contributed by atoms with E-state index in [1.165, 1.54) is 13.2 Å². The van der Waals surface area contributed by atoms with Gasteiger partial charge >= 0.3 is 12.6 Å². The normalized spacial score (nSPS) is 18.3. The van der Waals surface area contributed by atoms with Gasteiger partial charge in [0.25, 0.3) is 0 Å². The van der Waals surface area contributed by atoms with Crippen LogP contribution in [0.15, 0.2) is 18.2 Å². The molecular formula is C16H23F2N3O3. The van der Waals surface area contributed by atoms with Crippen LogP contribution in [0.25, 0.3) is 0 Å². The van der Waals surface area contributed by atoms with E-state index < -0.39 is 6.61 Å². The second-order valence-electron chi connectivity index (χ2n) is 5.66. The van der Waals surface area contributed by atoms with E-state index in [0.717, 1.165) is 31.5 Å². The Bertz CT molecular complexity index is 557. The molecule has 0 saturated carbocycles. The van der Waals surface area contributed by atoms with E-state index in [0.29, 0.717) is 6.54 Å². The Morgan fingerprint density at radius 1 is 1.42 bits per heavy atom. The lowest BCUT2D eigenvalue weighted by molar-refractivity contribution is -0.0512. The molecule has 0 radical (unpaired) electrons. The molecule has 0 aliphatic carbocycles. The Hall–Kier alpha value is -2.09. The van der Waals surface area contributed by atoms with Crippen LogP contribution in [-0.2, 0) is 6.54 Å². The number of hydrogen-bond acceptors (Lipinski definition) is 4. The second kappa shape index (κ2) is 8.68. The van der Waals surface area contributed by atoms with Gasteiger partial charge in [-0.1, -0.05) is 6.07 Å². The number of halogens is 2. The van der Waals surface area contributed by atoms with Gasteiger partial charge in [0.05, 0.1) is 7.11 Å². The van der Waals surface area contributed by atoms with Crippen LogP contribution in [-0.4, -0.2) is 50.8 Å². The van der Waals surface area contributed by atoms with Crippen LogP contribution in [0, 0.1) is 0 Å². The average molecular weight is 343 g/mol. The van der Waals surface area contributed by atoms with Gasteiger partial charge < -0.3 is 20.1 Å². The smallest absolute Gasteiger partial charge is 0.387 e. The molecule has 24 heavy (non-hydrogen) atoms. The number of ether oxygens (including phenoxy) is 2. The van der Waals surface area contributed by atoms with E-state index in [1.807, 2.05) is 0 Å². The highest BCUT2D eigenvalue weighted by molar-refractivity contribution is 5.73. The highest BCUT2D eigenvalue weighted by atomic mass is 19.3. The number of alkyl halides is 2. The van der Waals surface area contributed by atoms with Gasteiger partial charge in [-0.2, -0.15) is 8.78 Å². The summed E-state index contributed by atoms with van der Waals surface area (Å²) in [4.78, 5) is 13.6. The van der Waals surface area contributed by atoms with Gasteiger partial charge in [0.2, 0.25) is 0 Å². The first-order valence-electron chi connectivity index (χ1n) is 7.84. The van der Waals surface area contributed by atoms with Gasteiger partial charge in [-0.25, -0.2) is 4.79 Å². The number of carbonyl (C=O) groups is 1. The molecule has 2 amide bonds. The maximum absolute atomic E-state index is 12.4. The number of hydrogen-bond donors (Lipinski definition) is 2. The summed E-state index contributed by atoms with van der Waals surface area (Å²) >= 11 is 0. The van der Waals surface area contributed by atoms with Gasteiger partial charge in [-0.3, -0.25) is 4.90 Å². The van der Waals surface area contributed by atoms with Crippen LogP contribution in [0.4, 0.5) is 13.6 Å². The quantitative estimate of drug-likeness (QED) is 0.831. The van der Waals surface area contributed by atoms with Crippen molar-refractivity contribution < 1.29 is 23.0 Å². The lowest BCUT2D eigenvalue weighted by Crippen LogP contribution is -2.49. The average Bonchev–Trinajstić information content (AvgIpc) is 2.56. The highest BCUT2D eigenvalue weighted by Gasteiger charge is 2.21. The van der Waals surface area contributed by atoms with Crippen LogP contribution < -0.4 is 20.1 Å². The van der Waals surface area contributed by atoms with Gasteiger partial charge in [0.15, 0.2) is 11.5 Å². The molecule has 1 aliphatic rings. The molecule has 1 atom stereocenters. The van der Waals surface area contributed by atoms with Crippen LogP contribution in [0.1, 0.15) is 18.4 Å². The Morgan fingerprint density at radius 3 is 2.88 bits per heavy atom. The minimum atomic E-state index is -2.89. The zero-order valence-corrected chi connectivity index (χ0v) is 13.9. The predicted molar refractivity (Wildman–Crippen MR) is 85.5 cm³/mol. The number of rotatable bonds is 6. The number of piperidine rings is 1. The topological polar surface area (TPSA) is 62.8 Å². The summed E-state index contributed by atoms with van der Waals surface area (Å²) in [6, 6.07) is 4.85. The molecule has 0 aromatic heterocycles. The third-order valence-electron chi connectivity index (χ3n) is 3.92. The first kappa shape index (κ1) is 18.3. The maximum atomic E-state index is 12.4. The van der Waals surface area contributed by atoms with E-state index in [2.05, 4.69) is 20.3 Å². The molecular weight excluding hydrogens is 320 g/mol. The summed E-state index contributed by atoms with van der Waals surface area (Å²) in [7, 11) is 3.01. The number of nitrogens with zero attached hydrogens (tertiary/aromatic N) is 1. The van der Waals surface area contributed by atoms with Gasteiger partial charge in [-0.15, -0.1) is 0 Å². The number of urea groups is 1. The van der Waals surface area contributed by atoms with Crippen molar-refractivity contribution in [3.05, 3.63) is 23.8 Å². The SMILES string of the molecule is CNC(=O)NC1CCCN(Cc2ccc(OC(F)F)c(OC)c2)C1. The van der Waals surface area contributed by atoms with E-state index in [1.54, 1.807) is 19.2 Å². The standard InChI is InChI=1S/C16H23F2N3O3/c1-19-16(22)20-12-4-3-7-21(10-12)9-11-5-6-13(24-15(17)18)14(8-11)23-2/h5-6,8,12,15H,3-4,7,9-10H2,1-2H3,(H2,19,20,22). The number of benzene rings is 1. The van der Waals surface area contributed by atoms with Crippen molar-refractivity contribution in [3.8, 4) is 11.5 Å². The Kier molecular flexibility index (Phi) is 6.60. The Balaban J connectivity index is 1.98. The molecule has 0 bridgehead atoms. The van der Waals surface area contributed by atoms with E-state index in [9.17, 15) is 13.6 Å². The zero-order chi connectivity index (χ0) is 17.5. The van der Waals surface area contributed by atoms with Crippen molar-refractivity contribution in [1.82, 2.24) is 15.5 Å². The third-order valence-corrected chi connectivity index (χ3v) is 3.92. The molecule has 1 aromatic rings. The first-order valence-corrected chi connectivity index (χ1v) is 7.84. The zero-order valence-electron chi connectivity index (χ0n) is 13.9. The van der Waals surface area contributed by atoms with E-state index in [4.69, 9.17) is 4.74 Å². The number of carbonyl (C=O) groups excluding carboxylic acids is 1. The van der Waals surface area contributed by atoms with Crippen LogP contribution in [0.2, 0.25) is 0 Å². The van der Waals surface area contributed by atoms with Crippen molar-refractivity contribution in [3.63, 3.8) is 0 Å². The van der Waals surface area contributed by atoms with Crippen LogP contribution in [0.3, 0.4) is 0 Å². The van der Waals surface area contributed by atoms with Crippen molar-refractivity contribution in [1.29, 1.82) is 0 Å². The molecule has 1 saturated heterocycles. The molecule has 1 aromatic carbocycles. The number of likely N-dealkylation sites (tertiary alicyclic amines) is 1. The summed E-state index contributed by atoms with van der Waals surface area (Å²) in [5, 5.41) is 5.47. The van der Waals surface area contributed by atoms with Crippen LogP contribution >= 0.6 is 0 Å². The molecule has 8 heteroatoms. The van der Waals surface area contributed by atoms with Crippen molar-refractivity contribution in [2.24, 2.45) is 0 Å². The van der Waals surface area contributed by atoms with E-state index in [-0.39, 0.29) is 23.6 Å². The molecule has 1 heterocycles. The molecule has 134 valence electrons. The lowest BCUT2D eigenvalue weighted by atomic mass is 10.0. The van der Waals surface area contributed by atoms with Gasteiger partial charge in [-0.05, 0) is 37.1 Å². The van der Waals surface area contributed by atoms with Crippen molar-refractivity contribution in [2.45, 2.75) is 32.0 Å². The molecule has 1 fully saturated rings. The molecule has 2 N–H and O–H groups in total. The second-order valence-corrected chi connectivity index (χ2v) is 5.66. The molecule has 1 aliphatic heterocycles. The molecule has 2 rings (SSSR count). The Morgan fingerprint density at radius 2 is 2.21 bits per heavy atom. The minimum absolute atomic E-state index is 0.0223. The number of amides is 2. The summed E-state index contributed by atoms with van der Waals surface area (Å²) < 4.78 is 34.3. The first-order chi connectivity index (χ1) is 11.5. The van der Waals surface area contributed by atoms with E-state index >= 15 is 0 Å². The van der Waals surface area contributed by atoms with Crippen molar-refractivity contribution in [2.75, 3.05) is 27.2 Å². The molecule has 6 nitrogen and oxygen atoms in total. The summed E-state index contributed by atoms with van der Waals surface area (Å²) in [6.45, 7) is -0.574. The lowest BCUT2D eigenvalue weighted by Gasteiger charge is -2.33. The summed E-state index contributed by atoms with van der Waals surface area (Å²) in [5.74, 6) is 0.305. The van der Waals surface area contributed by atoms with Crippen molar-refractivity contribution >= 4 is 6.03 Å². The fraction of sp³-hybridized carbons (Fsp3) is 0.562. The third kappa shape index (κ3) is 5.23. The largest absolute Gasteiger partial charge is 0.493 e. The summed E-state index contributed by atoms with van der Waals surface area (Å²) in [5.41, 5.74) is 0.939. The number of methoxy groups -OCH3 is 1. The maximum Gasteiger partial charge on any atom is 0.387 e. The monoisotopic (exact) mass is 343 g/mol. The fourth-order valence-electron chi connectivity index (χ4n) is 2.84. The highest BCUT2D eigenvalue weighted by Crippen LogP contribution is 2.30. The fourth-order valence-corrected chi connectivity index (χ4v) is 2.84. The minimum Gasteiger partial charge on any atom is -0.493 e. The Labute approximate surface area is 140 Å². The molecule has 0 spiro atoms. The molecule has 1 unspecified atom stereocenters.